The van der Waals surface area contributed by atoms with Gasteiger partial charge >= 0.3 is 6.18 Å². The number of aromatic nitrogens is 4. The van der Waals surface area contributed by atoms with Crippen molar-refractivity contribution in [2.24, 2.45) is 0 Å². The molecule has 0 saturated carbocycles. The molecular weight excluding hydrogens is 387 g/mol. The van der Waals surface area contributed by atoms with Crippen molar-refractivity contribution in [2.75, 3.05) is 5.32 Å². The van der Waals surface area contributed by atoms with Gasteiger partial charge in [-0.3, -0.25) is 0 Å². The molecule has 144 valence electrons. The monoisotopic (exact) mass is 403 g/mol. The molecule has 0 saturated heterocycles. The number of hydrogen-bond donors (Lipinski definition) is 1. The molecule has 0 radical (unpaired) electrons. The summed E-state index contributed by atoms with van der Waals surface area (Å²) in [6.45, 7) is 2.08. The molecule has 3 heterocycles. The molecule has 0 fully saturated rings. The Kier molecular flexibility index (Phi) is 4.76. The van der Waals surface area contributed by atoms with Gasteiger partial charge in [0.25, 0.3) is 5.82 Å². The largest absolute Gasteiger partial charge is 0.453 e. The topological polar surface area (TPSA) is 55.1 Å². The Hall–Kier alpha value is -2.94. The van der Waals surface area contributed by atoms with Crippen LogP contribution in [-0.2, 0) is 12.6 Å². The maximum Gasteiger partial charge on any atom is 0.453 e. The molecule has 28 heavy (non-hydrogen) atoms. The third-order valence-corrected chi connectivity index (χ3v) is 5.29. The smallest absolute Gasteiger partial charge is 0.357 e. The standard InChI is InChI=1S/C19H16F3N5S/c1-2-12-5-7-13(8-6-12)17(14-4-3-11-28-14)23-15-9-10-16-24-25-18(19(20,21)22)27(16)26-15/h3-11,17H,2H2,1H3,(H,23,26). The molecule has 4 rings (SSSR count). The number of hydrogen-bond acceptors (Lipinski definition) is 5. The van der Waals surface area contributed by atoms with Crippen LogP contribution in [0.3, 0.4) is 0 Å². The predicted molar refractivity (Wildman–Crippen MR) is 101 cm³/mol. The Balaban J connectivity index is 1.72. The molecule has 4 aromatic rings. The molecule has 0 aliphatic heterocycles. The summed E-state index contributed by atoms with van der Waals surface area (Å²) in [7, 11) is 0. The molecule has 9 heteroatoms. The van der Waals surface area contributed by atoms with Gasteiger partial charge in [0.1, 0.15) is 5.82 Å². The number of anilines is 1. The molecule has 1 aromatic carbocycles. The highest BCUT2D eigenvalue weighted by molar-refractivity contribution is 7.10. The normalized spacial score (nSPS) is 13.0. The van der Waals surface area contributed by atoms with Gasteiger partial charge in [-0.05, 0) is 41.1 Å². The molecule has 1 atom stereocenters. The van der Waals surface area contributed by atoms with E-state index in [0.717, 1.165) is 16.9 Å². The molecule has 5 nitrogen and oxygen atoms in total. The number of benzene rings is 1. The lowest BCUT2D eigenvalue weighted by atomic mass is 10.0. The Labute approximate surface area is 162 Å². The molecule has 1 unspecified atom stereocenters. The molecule has 0 amide bonds. The molecule has 0 spiro atoms. The van der Waals surface area contributed by atoms with E-state index in [1.807, 2.05) is 29.6 Å². The highest BCUT2D eigenvalue weighted by Gasteiger charge is 2.37. The Morgan fingerprint density at radius 1 is 1.07 bits per heavy atom. The fraction of sp³-hybridized carbons (Fsp3) is 0.211. The van der Waals surface area contributed by atoms with Crippen LogP contribution in [0.25, 0.3) is 5.65 Å². The van der Waals surface area contributed by atoms with Crippen molar-refractivity contribution in [1.29, 1.82) is 0 Å². The van der Waals surface area contributed by atoms with E-state index in [1.165, 1.54) is 11.6 Å². The van der Waals surface area contributed by atoms with Gasteiger partial charge in [-0.15, -0.1) is 26.6 Å². The van der Waals surface area contributed by atoms with E-state index in [4.69, 9.17) is 0 Å². The van der Waals surface area contributed by atoms with Crippen LogP contribution in [0.15, 0.2) is 53.9 Å². The van der Waals surface area contributed by atoms with E-state index >= 15 is 0 Å². The zero-order valence-corrected chi connectivity index (χ0v) is 15.6. The minimum absolute atomic E-state index is 0.0397. The van der Waals surface area contributed by atoms with Crippen molar-refractivity contribution in [3.05, 3.63) is 75.7 Å². The number of alkyl halides is 3. The Bertz CT molecular complexity index is 1070. The molecule has 3 aromatic heterocycles. The van der Waals surface area contributed by atoms with Crippen LogP contribution in [0.1, 0.15) is 34.8 Å². The van der Waals surface area contributed by atoms with E-state index in [2.05, 4.69) is 39.7 Å². The second-order valence-electron chi connectivity index (χ2n) is 6.20. The maximum absolute atomic E-state index is 13.1. The summed E-state index contributed by atoms with van der Waals surface area (Å²) in [5, 5.41) is 16.0. The van der Waals surface area contributed by atoms with E-state index in [-0.39, 0.29) is 11.7 Å². The average molecular weight is 403 g/mol. The number of fused-ring (bicyclic) bond motifs is 1. The van der Waals surface area contributed by atoms with Gasteiger partial charge in [-0.2, -0.15) is 17.7 Å². The SMILES string of the molecule is CCc1ccc(C(Nc2ccc3nnc(C(F)(F)F)n3n2)c2cccs2)cc1. The number of nitrogens with one attached hydrogen (secondary N) is 1. The molecule has 1 N–H and O–H groups in total. The first kappa shape index (κ1) is 18.4. The summed E-state index contributed by atoms with van der Waals surface area (Å²) >= 11 is 1.57. The third kappa shape index (κ3) is 3.57. The van der Waals surface area contributed by atoms with E-state index in [0.29, 0.717) is 10.3 Å². The first-order valence-corrected chi connectivity index (χ1v) is 9.52. The summed E-state index contributed by atoms with van der Waals surface area (Å²) < 4.78 is 40.1. The van der Waals surface area contributed by atoms with Gasteiger partial charge in [0.05, 0.1) is 6.04 Å². The van der Waals surface area contributed by atoms with Crippen molar-refractivity contribution in [1.82, 2.24) is 19.8 Å². The highest BCUT2D eigenvalue weighted by Crippen LogP contribution is 2.31. The third-order valence-electron chi connectivity index (χ3n) is 4.36. The summed E-state index contributed by atoms with van der Waals surface area (Å²) in [5.41, 5.74) is 2.26. The first-order valence-electron chi connectivity index (χ1n) is 8.64. The van der Waals surface area contributed by atoms with Crippen LogP contribution in [0.2, 0.25) is 0 Å². The number of halogens is 3. The first-order chi connectivity index (χ1) is 13.5. The van der Waals surface area contributed by atoms with Gasteiger partial charge < -0.3 is 5.32 Å². The van der Waals surface area contributed by atoms with E-state index in [1.54, 1.807) is 17.4 Å². The summed E-state index contributed by atoms with van der Waals surface area (Å²) in [5.74, 6) is -0.845. The zero-order chi connectivity index (χ0) is 19.7. The number of aryl methyl sites for hydroxylation is 1. The fourth-order valence-corrected chi connectivity index (χ4v) is 3.71. The van der Waals surface area contributed by atoms with Crippen LogP contribution in [0.5, 0.6) is 0 Å². The molecule has 0 bridgehead atoms. The van der Waals surface area contributed by atoms with Gasteiger partial charge in [-0.25, -0.2) is 0 Å². The van der Waals surface area contributed by atoms with Crippen molar-refractivity contribution in [3.63, 3.8) is 0 Å². The zero-order valence-electron chi connectivity index (χ0n) is 14.8. The van der Waals surface area contributed by atoms with Crippen LogP contribution < -0.4 is 5.32 Å². The Morgan fingerprint density at radius 2 is 1.86 bits per heavy atom. The van der Waals surface area contributed by atoms with Crippen molar-refractivity contribution in [3.8, 4) is 0 Å². The lowest BCUT2D eigenvalue weighted by Crippen LogP contribution is -2.16. The van der Waals surface area contributed by atoms with Crippen molar-refractivity contribution < 1.29 is 13.2 Å². The maximum atomic E-state index is 13.1. The fourth-order valence-electron chi connectivity index (χ4n) is 2.91. The van der Waals surface area contributed by atoms with Crippen LogP contribution in [0.4, 0.5) is 19.0 Å². The van der Waals surface area contributed by atoms with Crippen molar-refractivity contribution >= 4 is 22.8 Å². The molecule has 0 aliphatic rings. The van der Waals surface area contributed by atoms with Gasteiger partial charge in [-0.1, -0.05) is 37.3 Å². The van der Waals surface area contributed by atoms with Gasteiger partial charge in [0.2, 0.25) is 0 Å². The predicted octanol–water partition coefficient (Wildman–Crippen LogP) is 4.97. The summed E-state index contributed by atoms with van der Waals surface area (Å²) in [6, 6.07) is 14.9. The minimum Gasteiger partial charge on any atom is -0.357 e. The number of thiophene rings is 1. The van der Waals surface area contributed by atoms with Crippen LogP contribution in [0, 0.1) is 0 Å². The van der Waals surface area contributed by atoms with E-state index < -0.39 is 12.0 Å². The quantitative estimate of drug-likeness (QED) is 0.511. The summed E-state index contributed by atoms with van der Waals surface area (Å²) in [6.07, 6.45) is -3.70. The second-order valence-corrected chi connectivity index (χ2v) is 7.18. The van der Waals surface area contributed by atoms with Gasteiger partial charge in [0, 0.05) is 4.88 Å². The summed E-state index contributed by atoms with van der Waals surface area (Å²) in [4.78, 5) is 1.03. The van der Waals surface area contributed by atoms with Crippen LogP contribution in [-0.4, -0.2) is 19.8 Å². The van der Waals surface area contributed by atoms with E-state index in [9.17, 15) is 13.2 Å². The molecule has 0 aliphatic carbocycles. The minimum atomic E-state index is -4.63. The number of nitrogens with zero attached hydrogens (tertiary/aromatic N) is 4. The Morgan fingerprint density at radius 3 is 2.50 bits per heavy atom. The van der Waals surface area contributed by atoms with Gasteiger partial charge in [0.15, 0.2) is 5.65 Å². The second kappa shape index (κ2) is 7.23. The molecular formula is C19H16F3N5S. The lowest BCUT2D eigenvalue weighted by Gasteiger charge is -2.19. The number of rotatable bonds is 5. The lowest BCUT2D eigenvalue weighted by molar-refractivity contribution is -0.146. The average Bonchev–Trinajstić information content (AvgIpc) is 3.35. The van der Waals surface area contributed by atoms with Crippen molar-refractivity contribution in [2.45, 2.75) is 25.6 Å². The van der Waals surface area contributed by atoms with Crippen LogP contribution >= 0.6 is 11.3 Å². The highest BCUT2D eigenvalue weighted by atomic mass is 32.1.